The second-order valence-electron chi connectivity index (χ2n) is 7.17. The zero-order valence-corrected chi connectivity index (χ0v) is 16.6. The highest BCUT2D eigenvalue weighted by Gasteiger charge is 2.32. The Balaban J connectivity index is 1.48. The number of nitrogens with zero attached hydrogens (tertiary/aromatic N) is 2. The van der Waals surface area contributed by atoms with Crippen molar-refractivity contribution in [1.82, 2.24) is 9.55 Å². The van der Waals surface area contributed by atoms with Gasteiger partial charge in [0, 0.05) is 29.9 Å². The second-order valence-corrected chi connectivity index (χ2v) is 7.17. The van der Waals surface area contributed by atoms with Crippen LogP contribution in [0.2, 0.25) is 0 Å². The molecule has 3 aromatic rings. The van der Waals surface area contributed by atoms with Gasteiger partial charge in [-0.3, -0.25) is 9.78 Å². The number of hydrogen-bond acceptors (Lipinski definition) is 7. The van der Waals surface area contributed by atoms with Crippen LogP contribution in [0.25, 0.3) is 10.9 Å². The van der Waals surface area contributed by atoms with Crippen molar-refractivity contribution < 1.29 is 24.4 Å². The van der Waals surface area contributed by atoms with E-state index in [9.17, 15) is 15.0 Å². The molecular formula is C22H24N2O6. The van der Waals surface area contributed by atoms with Gasteiger partial charge < -0.3 is 29.0 Å². The number of aliphatic hydroxyl groups excluding tert-OH is 2. The van der Waals surface area contributed by atoms with Crippen molar-refractivity contribution in [3.8, 4) is 11.5 Å². The largest absolute Gasteiger partial charge is 0.497 e. The zero-order valence-electron chi connectivity index (χ0n) is 16.6. The molecule has 1 aliphatic heterocycles. The smallest absolute Gasteiger partial charge is 0.250 e. The maximum atomic E-state index is 12.3. The van der Waals surface area contributed by atoms with E-state index < -0.39 is 18.3 Å². The Bertz CT molecular complexity index is 1080. The average Bonchev–Trinajstić information content (AvgIpc) is 2.76. The number of methoxy groups -OCH3 is 1. The van der Waals surface area contributed by atoms with Crippen LogP contribution in [0.5, 0.6) is 11.5 Å². The monoisotopic (exact) mass is 412 g/mol. The lowest BCUT2D eigenvalue weighted by atomic mass is 9.97. The lowest BCUT2D eigenvalue weighted by Gasteiger charge is -2.32. The van der Waals surface area contributed by atoms with Crippen molar-refractivity contribution in [2.45, 2.75) is 31.3 Å². The Kier molecular flexibility index (Phi) is 5.98. The Morgan fingerprint density at radius 1 is 1.23 bits per heavy atom. The standard InChI is InChI=1S/C22H24N2O6/c1-28-15-3-4-16-17(12-15)23-8-6-19(16)29-11-9-24-13-14(2-5-20(24)26)22-21(27)18(25)7-10-30-22/h2-6,8,12-13,18,21-22,25,27H,7,9-11H2,1H3/t18-,21-,22-/m1/s1. The Hall–Kier alpha value is -2.94. The fourth-order valence-corrected chi connectivity index (χ4v) is 3.58. The number of fused-ring (bicyclic) bond motifs is 1. The van der Waals surface area contributed by atoms with Crippen LogP contribution in [0.4, 0.5) is 0 Å². The highest BCUT2D eigenvalue weighted by Crippen LogP contribution is 2.29. The molecule has 2 N–H and O–H groups in total. The van der Waals surface area contributed by atoms with Crippen LogP contribution in [0.1, 0.15) is 18.1 Å². The van der Waals surface area contributed by atoms with Crippen LogP contribution >= 0.6 is 0 Å². The van der Waals surface area contributed by atoms with E-state index in [-0.39, 0.29) is 12.2 Å². The van der Waals surface area contributed by atoms with E-state index in [1.807, 2.05) is 18.2 Å². The van der Waals surface area contributed by atoms with Gasteiger partial charge in [-0.1, -0.05) is 0 Å². The molecule has 3 atom stereocenters. The number of ether oxygens (including phenoxy) is 3. The summed E-state index contributed by atoms with van der Waals surface area (Å²) in [6, 6.07) is 10.4. The first-order chi connectivity index (χ1) is 14.6. The predicted molar refractivity (Wildman–Crippen MR) is 110 cm³/mol. The van der Waals surface area contributed by atoms with Crippen molar-refractivity contribution in [3.63, 3.8) is 0 Å². The molecule has 3 heterocycles. The van der Waals surface area contributed by atoms with Gasteiger partial charge in [-0.15, -0.1) is 0 Å². The fourth-order valence-electron chi connectivity index (χ4n) is 3.58. The van der Waals surface area contributed by atoms with Gasteiger partial charge in [-0.25, -0.2) is 0 Å². The predicted octanol–water partition coefficient (Wildman–Crippen LogP) is 1.67. The van der Waals surface area contributed by atoms with Gasteiger partial charge >= 0.3 is 0 Å². The molecule has 0 bridgehead atoms. The molecule has 30 heavy (non-hydrogen) atoms. The highest BCUT2D eigenvalue weighted by molar-refractivity contribution is 5.85. The fraction of sp³-hybridized carbons (Fsp3) is 0.364. The third kappa shape index (κ3) is 4.16. The van der Waals surface area contributed by atoms with Crippen LogP contribution in [-0.2, 0) is 11.3 Å². The summed E-state index contributed by atoms with van der Waals surface area (Å²) in [5, 5.41) is 21.0. The van der Waals surface area contributed by atoms with E-state index in [2.05, 4.69) is 4.98 Å². The van der Waals surface area contributed by atoms with E-state index in [4.69, 9.17) is 14.2 Å². The minimum atomic E-state index is -1.03. The first-order valence-corrected chi connectivity index (χ1v) is 9.80. The van der Waals surface area contributed by atoms with E-state index in [0.717, 1.165) is 10.9 Å². The van der Waals surface area contributed by atoms with Crippen LogP contribution in [0.15, 0.2) is 53.6 Å². The van der Waals surface area contributed by atoms with Crippen molar-refractivity contribution in [2.24, 2.45) is 0 Å². The van der Waals surface area contributed by atoms with Crippen LogP contribution in [0.3, 0.4) is 0 Å². The molecule has 0 amide bonds. The third-order valence-corrected chi connectivity index (χ3v) is 5.25. The Morgan fingerprint density at radius 3 is 2.93 bits per heavy atom. The summed E-state index contributed by atoms with van der Waals surface area (Å²) in [7, 11) is 1.60. The van der Waals surface area contributed by atoms with E-state index in [1.165, 1.54) is 10.6 Å². The van der Waals surface area contributed by atoms with E-state index >= 15 is 0 Å². The zero-order chi connectivity index (χ0) is 21.1. The van der Waals surface area contributed by atoms with Crippen LogP contribution in [-0.4, -0.2) is 52.3 Å². The Labute approximate surface area is 173 Å². The van der Waals surface area contributed by atoms with E-state index in [1.54, 1.807) is 31.6 Å². The summed E-state index contributed by atoms with van der Waals surface area (Å²) in [5.74, 6) is 1.38. The van der Waals surface area contributed by atoms with E-state index in [0.29, 0.717) is 36.6 Å². The molecule has 8 nitrogen and oxygen atoms in total. The molecule has 1 fully saturated rings. The molecule has 1 saturated heterocycles. The number of hydrogen-bond donors (Lipinski definition) is 2. The molecule has 4 rings (SSSR count). The van der Waals surface area contributed by atoms with Crippen LogP contribution in [0, 0.1) is 0 Å². The van der Waals surface area contributed by atoms with Gasteiger partial charge in [-0.05, 0) is 36.2 Å². The second kappa shape index (κ2) is 8.83. The number of benzene rings is 1. The molecule has 1 aromatic carbocycles. The molecule has 2 aromatic heterocycles. The quantitative estimate of drug-likeness (QED) is 0.635. The molecular weight excluding hydrogens is 388 g/mol. The van der Waals surface area contributed by atoms with Crippen molar-refractivity contribution in [1.29, 1.82) is 0 Å². The normalized spacial score (nSPS) is 21.5. The van der Waals surface area contributed by atoms with Gasteiger partial charge in [0.1, 0.15) is 30.3 Å². The summed E-state index contributed by atoms with van der Waals surface area (Å²) in [6.07, 6.45) is 1.16. The molecule has 8 heteroatoms. The summed E-state index contributed by atoms with van der Waals surface area (Å²) >= 11 is 0. The molecule has 0 aliphatic carbocycles. The number of pyridine rings is 2. The first-order valence-electron chi connectivity index (χ1n) is 9.80. The minimum absolute atomic E-state index is 0.183. The topological polar surface area (TPSA) is 103 Å². The molecule has 158 valence electrons. The van der Waals surface area contributed by atoms with Gasteiger partial charge in [-0.2, -0.15) is 0 Å². The number of aliphatic hydroxyl groups is 2. The Morgan fingerprint density at radius 2 is 2.10 bits per heavy atom. The summed E-state index contributed by atoms with van der Waals surface area (Å²) in [6.45, 7) is 0.939. The number of rotatable bonds is 6. The van der Waals surface area contributed by atoms with Crippen molar-refractivity contribution >= 4 is 10.9 Å². The van der Waals surface area contributed by atoms with Crippen molar-refractivity contribution in [2.75, 3.05) is 20.3 Å². The summed E-state index contributed by atoms with van der Waals surface area (Å²) < 4.78 is 18.3. The molecule has 0 saturated carbocycles. The lowest BCUT2D eigenvalue weighted by Crippen LogP contribution is -2.39. The minimum Gasteiger partial charge on any atom is -0.497 e. The average molecular weight is 412 g/mol. The highest BCUT2D eigenvalue weighted by atomic mass is 16.5. The van der Waals surface area contributed by atoms with Gasteiger partial charge in [0.15, 0.2) is 0 Å². The summed E-state index contributed by atoms with van der Waals surface area (Å²) in [4.78, 5) is 16.6. The van der Waals surface area contributed by atoms with Gasteiger partial charge in [0.2, 0.25) is 0 Å². The summed E-state index contributed by atoms with van der Waals surface area (Å²) in [5.41, 5.74) is 1.22. The molecule has 1 aliphatic rings. The molecule has 0 spiro atoms. The van der Waals surface area contributed by atoms with Crippen molar-refractivity contribution in [3.05, 3.63) is 64.7 Å². The molecule has 0 radical (unpaired) electrons. The number of aromatic nitrogens is 2. The molecule has 0 unspecified atom stereocenters. The van der Waals surface area contributed by atoms with Crippen LogP contribution < -0.4 is 15.0 Å². The van der Waals surface area contributed by atoms with Gasteiger partial charge in [0.25, 0.3) is 5.56 Å². The maximum Gasteiger partial charge on any atom is 0.250 e. The van der Waals surface area contributed by atoms with Gasteiger partial charge in [0.05, 0.1) is 31.9 Å². The first kappa shape index (κ1) is 20.3. The SMILES string of the molecule is COc1ccc2c(OCCn3cc([C@H]4OCC[C@@H](O)[C@H]4O)ccc3=O)ccnc2c1. The maximum absolute atomic E-state index is 12.3. The lowest BCUT2D eigenvalue weighted by molar-refractivity contribution is -0.137. The third-order valence-electron chi connectivity index (χ3n) is 5.25.